The summed E-state index contributed by atoms with van der Waals surface area (Å²) in [6, 6.07) is 10.9. The fourth-order valence-electron chi connectivity index (χ4n) is 3.76. The number of amides is 1. The number of carbonyl (C=O) groups excluding carboxylic acids is 1. The van der Waals surface area contributed by atoms with Gasteiger partial charge in [-0.15, -0.1) is 0 Å². The zero-order valence-electron chi connectivity index (χ0n) is 17.9. The van der Waals surface area contributed by atoms with Crippen molar-refractivity contribution in [2.75, 3.05) is 34.4 Å². The van der Waals surface area contributed by atoms with Gasteiger partial charge in [-0.05, 0) is 31.0 Å². The first kappa shape index (κ1) is 23.0. The summed E-state index contributed by atoms with van der Waals surface area (Å²) in [5.74, 6) is -0.475. The molecule has 1 atom stereocenters. The predicted octanol–water partition coefficient (Wildman–Crippen LogP) is 2.90. The lowest BCUT2D eigenvalue weighted by atomic mass is 9.98. The van der Waals surface area contributed by atoms with Gasteiger partial charge in [0.2, 0.25) is 15.9 Å². The molecule has 9 heteroatoms. The minimum absolute atomic E-state index is 0.00200. The van der Waals surface area contributed by atoms with Gasteiger partial charge in [0.1, 0.15) is 22.2 Å². The molecule has 1 heterocycles. The van der Waals surface area contributed by atoms with Gasteiger partial charge in [-0.2, -0.15) is 4.31 Å². The standard InChI is InChI=1S/C22H27FN2O5S/c1-24(14-16-7-4-5-9-19(16)23)22(26)17-8-6-12-25(15-17)31(27,28)21-13-18(29-2)10-11-20(21)30-3/h4-5,7,9-11,13,17H,6,8,12,14-15H2,1-3H3. The SMILES string of the molecule is COc1ccc(OC)c(S(=O)(=O)N2CCCC(C(=O)N(C)Cc3ccccc3F)C2)c1. The van der Waals surface area contributed by atoms with Crippen LogP contribution in [0.25, 0.3) is 0 Å². The number of piperidine rings is 1. The van der Waals surface area contributed by atoms with Crippen molar-refractivity contribution in [1.82, 2.24) is 9.21 Å². The smallest absolute Gasteiger partial charge is 0.246 e. The van der Waals surface area contributed by atoms with Gasteiger partial charge in [0.05, 0.1) is 20.1 Å². The summed E-state index contributed by atoms with van der Waals surface area (Å²) in [7, 11) is 0.568. The summed E-state index contributed by atoms with van der Waals surface area (Å²) in [5, 5.41) is 0. The Hall–Kier alpha value is -2.65. The van der Waals surface area contributed by atoms with Crippen molar-refractivity contribution in [3.05, 3.63) is 53.8 Å². The van der Waals surface area contributed by atoms with Crippen LogP contribution in [0.1, 0.15) is 18.4 Å². The average Bonchev–Trinajstić information content (AvgIpc) is 2.79. The van der Waals surface area contributed by atoms with Crippen molar-refractivity contribution >= 4 is 15.9 Å². The molecule has 2 aromatic carbocycles. The van der Waals surface area contributed by atoms with Crippen molar-refractivity contribution in [1.29, 1.82) is 0 Å². The minimum atomic E-state index is -3.90. The Bertz CT molecular complexity index is 1040. The summed E-state index contributed by atoms with van der Waals surface area (Å²) in [4.78, 5) is 14.4. The second-order valence-electron chi connectivity index (χ2n) is 7.50. The second-order valence-corrected chi connectivity index (χ2v) is 9.41. The largest absolute Gasteiger partial charge is 0.497 e. The molecule has 1 unspecified atom stereocenters. The molecule has 0 aromatic heterocycles. The first-order valence-electron chi connectivity index (χ1n) is 9.98. The maximum atomic E-state index is 13.9. The fourth-order valence-corrected chi connectivity index (χ4v) is 5.45. The first-order chi connectivity index (χ1) is 14.8. The molecule has 0 aliphatic carbocycles. The Morgan fingerprint density at radius 3 is 2.61 bits per heavy atom. The highest BCUT2D eigenvalue weighted by Gasteiger charge is 2.36. The maximum Gasteiger partial charge on any atom is 0.246 e. The highest BCUT2D eigenvalue weighted by molar-refractivity contribution is 7.89. The second kappa shape index (κ2) is 9.65. The lowest BCUT2D eigenvalue weighted by Crippen LogP contribution is -2.45. The molecule has 31 heavy (non-hydrogen) atoms. The van der Waals surface area contributed by atoms with Gasteiger partial charge in [-0.3, -0.25) is 4.79 Å². The summed E-state index contributed by atoms with van der Waals surface area (Å²) in [5.41, 5.74) is 0.416. The average molecular weight is 451 g/mol. The van der Waals surface area contributed by atoms with E-state index in [1.165, 1.54) is 35.6 Å². The van der Waals surface area contributed by atoms with Gasteiger partial charge in [0.25, 0.3) is 0 Å². The topological polar surface area (TPSA) is 76.1 Å². The number of nitrogens with zero attached hydrogens (tertiary/aromatic N) is 2. The van der Waals surface area contributed by atoms with E-state index in [4.69, 9.17) is 9.47 Å². The number of carbonyl (C=O) groups is 1. The van der Waals surface area contributed by atoms with E-state index in [-0.39, 0.29) is 35.5 Å². The molecule has 7 nitrogen and oxygen atoms in total. The van der Waals surface area contributed by atoms with Crippen LogP contribution in [0.2, 0.25) is 0 Å². The normalized spacial score (nSPS) is 17.2. The van der Waals surface area contributed by atoms with E-state index in [2.05, 4.69) is 0 Å². The van der Waals surface area contributed by atoms with Crippen LogP contribution in [-0.2, 0) is 21.4 Å². The molecule has 1 saturated heterocycles. The number of rotatable bonds is 7. The molecule has 0 saturated carbocycles. The quantitative estimate of drug-likeness (QED) is 0.648. The van der Waals surface area contributed by atoms with Crippen LogP contribution in [0, 0.1) is 11.7 Å². The van der Waals surface area contributed by atoms with Crippen molar-refractivity contribution < 1.29 is 27.1 Å². The molecule has 0 N–H and O–H groups in total. The highest BCUT2D eigenvalue weighted by atomic mass is 32.2. The van der Waals surface area contributed by atoms with E-state index >= 15 is 0 Å². The first-order valence-corrected chi connectivity index (χ1v) is 11.4. The van der Waals surface area contributed by atoms with Gasteiger partial charge in [0, 0.05) is 38.3 Å². The third-order valence-corrected chi connectivity index (χ3v) is 7.35. The van der Waals surface area contributed by atoms with E-state index in [0.717, 1.165) is 0 Å². The van der Waals surface area contributed by atoms with Crippen LogP contribution < -0.4 is 9.47 Å². The van der Waals surface area contributed by atoms with Gasteiger partial charge in [0.15, 0.2) is 0 Å². The van der Waals surface area contributed by atoms with E-state index in [0.29, 0.717) is 30.7 Å². The van der Waals surface area contributed by atoms with Crippen LogP contribution in [0.5, 0.6) is 11.5 Å². The Morgan fingerprint density at radius 2 is 1.94 bits per heavy atom. The van der Waals surface area contributed by atoms with Gasteiger partial charge in [-0.25, -0.2) is 12.8 Å². The summed E-state index contributed by atoms with van der Waals surface area (Å²) < 4.78 is 52.3. The van der Waals surface area contributed by atoms with E-state index < -0.39 is 15.9 Å². The van der Waals surface area contributed by atoms with Crippen LogP contribution in [0.15, 0.2) is 47.4 Å². The number of ether oxygens (including phenoxy) is 2. The minimum Gasteiger partial charge on any atom is -0.497 e. The maximum absolute atomic E-state index is 13.9. The number of hydrogen-bond acceptors (Lipinski definition) is 5. The molecule has 0 bridgehead atoms. The van der Waals surface area contributed by atoms with E-state index in [9.17, 15) is 17.6 Å². The third-order valence-electron chi connectivity index (χ3n) is 5.46. The molecule has 2 aromatic rings. The van der Waals surface area contributed by atoms with Crippen LogP contribution in [-0.4, -0.2) is 57.9 Å². The lowest BCUT2D eigenvalue weighted by Gasteiger charge is -2.33. The number of methoxy groups -OCH3 is 2. The summed E-state index contributed by atoms with van der Waals surface area (Å²) in [6.45, 7) is 0.491. The van der Waals surface area contributed by atoms with Crippen LogP contribution in [0.3, 0.4) is 0 Å². The number of hydrogen-bond donors (Lipinski definition) is 0. The van der Waals surface area contributed by atoms with Crippen molar-refractivity contribution in [2.45, 2.75) is 24.3 Å². The molecule has 0 spiro atoms. The molecule has 1 aliphatic rings. The van der Waals surface area contributed by atoms with Gasteiger partial charge >= 0.3 is 0 Å². The van der Waals surface area contributed by atoms with Gasteiger partial charge in [-0.1, -0.05) is 18.2 Å². The highest BCUT2D eigenvalue weighted by Crippen LogP contribution is 2.33. The molecular formula is C22H27FN2O5S. The van der Waals surface area contributed by atoms with E-state index in [1.54, 1.807) is 37.4 Å². The molecule has 3 rings (SSSR count). The number of sulfonamides is 1. The van der Waals surface area contributed by atoms with Crippen molar-refractivity contribution in [2.24, 2.45) is 5.92 Å². The third kappa shape index (κ3) is 4.99. The Labute approximate surface area is 182 Å². The zero-order chi connectivity index (χ0) is 22.6. The molecule has 1 fully saturated rings. The van der Waals surface area contributed by atoms with Crippen LogP contribution >= 0.6 is 0 Å². The predicted molar refractivity (Wildman–Crippen MR) is 114 cm³/mol. The molecule has 1 amide bonds. The molecule has 0 radical (unpaired) electrons. The monoisotopic (exact) mass is 450 g/mol. The Balaban J connectivity index is 1.78. The lowest BCUT2D eigenvalue weighted by molar-refractivity contribution is -0.135. The molecule has 168 valence electrons. The van der Waals surface area contributed by atoms with Gasteiger partial charge < -0.3 is 14.4 Å². The summed E-state index contributed by atoms with van der Waals surface area (Å²) >= 11 is 0. The van der Waals surface area contributed by atoms with E-state index in [1.807, 2.05) is 0 Å². The zero-order valence-corrected chi connectivity index (χ0v) is 18.7. The van der Waals surface area contributed by atoms with Crippen LogP contribution in [0.4, 0.5) is 4.39 Å². The fraction of sp³-hybridized carbons (Fsp3) is 0.409. The van der Waals surface area contributed by atoms with Crippen molar-refractivity contribution in [3.8, 4) is 11.5 Å². The molecule has 1 aliphatic heterocycles. The summed E-state index contributed by atoms with van der Waals surface area (Å²) in [6.07, 6.45) is 1.12. The Morgan fingerprint density at radius 1 is 1.19 bits per heavy atom. The number of halogens is 1. The Kier molecular flexibility index (Phi) is 7.17. The van der Waals surface area contributed by atoms with Crippen molar-refractivity contribution in [3.63, 3.8) is 0 Å². The number of benzene rings is 2. The molecular weight excluding hydrogens is 423 g/mol.